The largest absolute Gasteiger partial charge is 0.460 e. The van der Waals surface area contributed by atoms with Crippen LogP contribution in [-0.4, -0.2) is 42.8 Å². The van der Waals surface area contributed by atoms with Crippen LogP contribution in [0.2, 0.25) is 0 Å². The summed E-state index contributed by atoms with van der Waals surface area (Å²) in [5.74, 6) is -0.625. The topological polar surface area (TPSA) is 50.8 Å². The fourth-order valence-electron chi connectivity index (χ4n) is 2.87. The van der Waals surface area contributed by atoms with Crippen molar-refractivity contribution in [3.8, 4) is 0 Å². The SMILES string of the molecule is CCN1C(=S)N[C@@H](c2cccc(C(F)(F)F)c2)C(C(=O)OCCOC)=C1C. The molecule has 0 saturated heterocycles. The quantitative estimate of drug-likeness (QED) is 0.447. The van der Waals surface area contributed by atoms with E-state index in [1.807, 2.05) is 6.92 Å². The van der Waals surface area contributed by atoms with E-state index in [0.717, 1.165) is 12.1 Å². The molecule has 0 bridgehead atoms. The van der Waals surface area contributed by atoms with Crippen LogP contribution in [0.5, 0.6) is 0 Å². The lowest BCUT2D eigenvalue weighted by Gasteiger charge is -2.37. The van der Waals surface area contributed by atoms with Crippen molar-refractivity contribution in [2.75, 3.05) is 26.9 Å². The van der Waals surface area contributed by atoms with Crippen molar-refractivity contribution in [3.63, 3.8) is 0 Å². The standard InChI is InChI=1S/C18H21F3N2O3S/c1-4-23-11(2)14(16(24)26-9-8-25-3)15(22-17(23)27)12-6-5-7-13(10-12)18(19,20)21/h5-7,10,15H,4,8-9H2,1-3H3,(H,22,27)/t15-/m0/s1. The lowest BCUT2D eigenvalue weighted by Crippen LogP contribution is -2.47. The van der Waals surface area contributed by atoms with Gasteiger partial charge in [0.25, 0.3) is 0 Å². The smallest absolute Gasteiger partial charge is 0.416 e. The third-order valence-electron chi connectivity index (χ3n) is 4.20. The van der Waals surface area contributed by atoms with Crippen molar-refractivity contribution in [2.24, 2.45) is 0 Å². The van der Waals surface area contributed by atoms with Crippen LogP contribution in [0.25, 0.3) is 0 Å². The van der Waals surface area contributed by atoms with Crippen LogP contribution in [0.4, 0.5) is 13.2 Å². The number of halogens is 3. The van der Waals surface area contributed by atoms with E-state index in [2.05, 4.69) is 5.32 Å². The molecule has 0 unspecified atom stereocenters. The maximum Gasteiger partial charge on any atom is 0.416 e. The number of carbonyl (C=O) groups excluding carboxylic acids is 1. The fourth-order valence-corrected chi connectivity index (χ4v) is 3.25. The van der Waals surface area contributed by atoms with E-state index in [9.17, 15) is 18.0 Å². The van der Waals surface area contributed by atoms with Crippen molar-refractivity contribution < 1.29 is 27.4 Å². The Bertz CT molecular complexity index is 750. The number of alkyl halides is 3. The second-order valence-corrected chi connectivity index (χ2v) is 6.26. The second kappa shape index (κ2) is 8.71. The Morgan fingerprint density at radius 3 is 2.63 bits per heavy atom. The summed E-state index contributed by atoms with van der Waals surface area (Å²) in [5, 5.41) is 3.30. The van der Waals surface area contributed by atoms with Gasteiger partial charge in [0.15, 0.2) is 5.11 Å². The number of methoxy groups -OCH3 is 1. The van der Waals surface area contributed by atoms with Gasteiger partial charge < -0.3 is 19.7 Å². The predicted molar refractivity (Wildman–Crippen MR) is 97.8 cm³/mol. The van der Waals surface area contributed by atoms with Crippen LogP contribution >= 0.6 is 12.2 Å². The summed E-state index contributed by atoms with van der Waals surface area (Å²) in [4.78, 5) is 14.4. The molecule has 0 radical (unpaired) electrons. The van der Waals surface area contributed by atoms with E-state index in [-0.39, 0.29) is 24.4 Å². The number of nitrogens with one attached hydrogen (secondary N) is 1. The third-order valence-corrected chi connectivity index (χ3v) is 4.54. The number of thiocarbonyl (C=S) groups is 1. The average molecular weight is 402 g/mol. The van der Waals surface area contributed by atoms with Crippen LogP contribution < -0.4 is 5.32 Å². The molecule has 2 rings (SSSR count). The van der Waals surface area contributed by atoms with Gasteiger partial charge in [-0.2, -0.15) is 13.2 Å². The average Bonchev–Trinajstić information content (AvgIpc) is 2.61. The summed E-state index contributed by atoms with van der Waals surface area (Å²) in [6.45, 7) is 4.32. The predicted octanol–water partition coefficient (Wildman–Crippen LogP) is 3.42. The molecule has 9 heteroatoms. The van der Waals surface area contributed by atoms with Gasteiger partial charge in [-0.15, -0.1) is 0 Å². The molecule has 1 atom stereocenters. The van der Waals surface area contributed by atoms with Gasteiger partial charge >= 0.3 is 12.1 Å². The van der Waals surface area contributed by atoms with E-state index in [0.29, 0.717) is 17.4 Å². The van der Waals surface area contributed by atoms with Crippen molar-refractivity contribution in [2.45, 2.75) is 26.1 Å². The maximum absolute atomic E-state index is 13.1. The Balaban J connectivity index is 2.47. The first-order valence-electron chi connectivity index (χ1n) is 8.32. The first-order valence-corrected chi connectivity index (χ1v) is 8.73. The molecule has 0 fully saturated rings. The molecule has 1 aliphatic rings. The number of benzene rings is 1. The summed E-state index contributed by atoms with van der Waals surface area (Å²) in [7, 11) is 1.48. The molecule has 1 aliphatic heterocycles. The van der Waals surface area contributed by atoms with Gasteiger partial charge in [0.05, 0.1) is 23.8 Å². The number of rotatable bonds is 6. The third kappa shape index (κ3) is 4.78. The molecule has 0 aliphatic carbocycles. The molecule has 0 aromatic heterocycles. The summed E-state index contributed by atoms with van der Waals surface area (Å²) >= 11 is 5.32. The normalized spacial score (nSPS) is 17.8. The van der Waals surface area contributed by atoms with Crippen molar-refractivity contribution in [1.82, 2.24) is 10.2 Å². The molecule has 0 spiro atoms. The lowest BCUT2D eigenvalue weighted by atomic mass is 9.93. The highest BCUT2D eigenvalue weighted by molar-refractivity contribution is 7.80. The van der Waals surface area contributed by atoms with E-state index in [1.54, 1.807) is 11.8 Å². The summed E-state index contributed by atoms with van der Waals surface area (Å²) in [6.07, 6.45) is -4.49. The highest BCUT2D eigenvalue weighted by atomic mass is 32.1. The highest BCUT2D eigenvalue weighted by Gasteiger charge is 2.36. The summed E-state index contributed by atoms with van der Waals surface area (Å²) in [5.41, 5.74) is 0.253. The van der Waals surface area contributed by atoms with Crippen LogP contribution in [0, 0.1) is 0 Å². The second-order valence-electron chi connectivity index (χ2n) is 5.88. The Morgan fingerprint density at radius 2 is 2.04 bits per heavy atom. The fraction of sp³-hybridized carbons (Fsp3) is 0.444. The molecule has 0 saturated carbocycles. The lowest BCUT2D eigenvalue weighted by molar-refractivity contribution is -0.141. The molecule has 0 amide bonds. The molecular weight excluding hydrogens is 381 g/mol. The molecule has 27 heavy (non-hydrogen) atoms. The van der Waals surface area contributed by atoms with Crippen molar-refractivity contribution in [3.05, 3.63) is 46.7 Å². The molecule has 1 aromatic carbocycles. The zero-order valence-corrected chi connectivity index (χ0v) is 16.0. The van der Waals surface area contributed by atoms with Crippen molar-refractivity contribution in [1.29, 1.82) is 0 Å². The maximum atomic E-state index is 13.1. The monoisotopic (exact) mass is 402 g/mol. The number of hydrogen-bond donors (Lipinski definition) is 1. The molecular formula is C18H21F3N2O3S. The van der Waals surface area contributed by atoms with Gasteiger partial charge in [-0.1, -0.05) is 12.1 Å². The van der Waals surface area contributed by atoms with Gasteiger partial charge in [-0.25, -0.2) is 4.79 Å². The van der Waals surface area contributed by atoms with Gasteiger partial charge in [0.1, 0.15) is 6.61 Å². The molecule has 1 N–H and O–H groups in total. The Kier molecular flexibility index (Phi) is 6.83. The minimum atomic E-state index is -4.49. The molecule has 1 heterocycles. The van der Waals surface area contributed by atoms with E-state index < -0.39 is 23.8 Å². The number of nitrogens with zero attached hydrogens (tertiary/aromatic N) is 1. The van der Waals surface area contributed by atoms with Crippen LogP contribution in [0.15, 0.2) is 35.5 Å². The minimum absolute atomic E-state index is 0.0397. The van der Waals surface area contributed by atoms with Crippen LogP contribution in [0.3, 0.4) is 0 Å². The van der Waals surface area contributed by atoms with Crippen LogP contribution in [-0.2, 0) is 20.4 Å². The summed E-state index contributed by atoms with van der Waals surface area (Å²) < 4.78 is 49.4. The zero-order valence-electron chi connectivity index (χ0n) is 15.2. The Morgan fingerprint density at radius 1 is 1.33 bits per heavy atom. The number of carbonyl (C=O) groups is 1. The van der Waals surface area contributed by atoms with Gasteiger partial charge in [0.2, 0.25) is 0 Å². The highest BCUT2D eigenvalue weighted by Crippen LogP contribution is 2.35. The summed E-state index contributed by atoms with van der Waals surface area (Å²) in [6, 6.07) is 3.98. The van der Waals surface area contributed by atoms with Gasteiger partial charge in [-0.05, 0) is 43.8 Å². The number of hydrogen-bond acceptors (Lipinski definition) is 4. The van der Waals surface area contributed by atoms with Crippen molar-refractivity contribution >= 4 is 23.3 Å². The van der Waals surface area contributed by atoms with Crippen LogP contribution in [0.1, 0.15) is 31.0 Å². The minimum Gasteiger partial charge on any atom is -0.460 e. The molecule has 1 aromatic rings. The van der Waals surface area contributed by atoms with Gasteiger partial charge in [0, 0.05) is 19.4 Å². The number of esters is 1. The van der Waals surface area contributed by atoms with E-state index in [1.165, 1.54) is 19.2 Å². The number of ether oxygens (including phenoxy) is 2. The molecule has 5 nitrogen and oxygen atoms in total. The Labute approximate surface area is 161 Å². The first kappa shape index (κ1) is 21.2. The van der Waals surface area contributed by atoms with E-state index >= 15 is 0 Å². The Hall–Kier alpha value is -2.13. The number of allylic oxidation sites excluding steroid dienone is 1. The first-order chi connectivity index (χ1) is 12.7. The zero-order chi connectivity index (χ0) is 20.2. The van der Waals surface area contributed by atoms with E-state index in [4.69, 9.17) is 21.7 Å². The van der Waals surface area contributed by atoms with Gasteiger partial charge in [-0.3, -0.25) is 0 Å². The molecule has 148 valence electrons.